The number of benzene rings is 2. The van der Waals surface area contributed by atoms with Crippen molar-refractivity contribution in [1.82, 2.24) is 15.0 Å². The van der Waals surface area contributed by atoms with Crippen molar-refractivity contribution in [3.05, 3.63) is 60.7 Å². The molecule has 5 nitrogen and oxygen atoms in total. The zero-order chi connectivity index (χ0) is 20.7. The Morgan fingerprint density at radius 3 is 2.21 bits per heavy atom. The molecule has 2 aromatic carbocycles. The number of fused-ring (bicyclic) bond motifs is 1. The second-order valence-electron chi connectivity index (χ2n) is 7.43. The van der Waals surface area contributed by atoms with Gasteiger partial charge in [0.2, 0.25) is 0 Å². The quantitative estimate of drug-likeness (QED) is 0.442. The molecule has 3 rings (SSSR count). The molecule has 0 aliphatic heterocycles. The van der Waals surface area contributed by atoms with Gasteiger partial charge in [0.25, 0.3) is 0 Å². The van der Waals surface area contributed by atoms with E-state index in [0.717, 1.165) is 36.7 Å². The molecule has 0 N–H and O–H groups in total. The fourth-order valence-corrected chi connectivity index (χ4v) is 5.69. The SMILES string of the molecule is CCCCC(/C=C/n1nnc2ccccc21)(CCCC)S(=O)(=O)c1ccccc1. The molecule has 29 heavy (non-hydrogen) atoms. The molecule has 0 radical (unpaired) electrons. The van der Waals surface area contributed by atoms with E-state index in [4.69, 9.17) is 0 Å². The summed E-state index contributed by atoms with van der Waals surface area (Å²) in [6.45, 7) is 4.18. The van der Waals surface area contributed by atoms with Gasteiger partial charge in [0, 0.05) is 6.20 Å². The largest absolute Gasteiger partial charge is 0.223 e. The van der Waals surface area contributed by atoms with Gasteiger partial charge in [-0.05, 0) is 43.2 Å². The molecule has 0 bridgehead atoms. The molecule has 1 heterocycles. The van der Waals surface area contributed by atoms with Gasteiger partial charge in [-0.25, -0.2) is 13.1 Å². The average Bonchev–Trinajstić information content (AvgIpc) is 3.17. The molecule has 3 aromatic rings. The van der Waals surface area contributed by atoms with E-state index in [2.05, 4.69) is 24.2 Å². The molecule has 1 aromatic heterocycles. The van der Waals surface area contributed by atoms with Gasteiger partial charge >= 0.3 is 0 Å². The van der Waals surface area contributed by atoms with Crippen LogP contribution in [0.2, 0.25) is 0 Å². The zero-order valence-corrected chi connectivity index (χ0v) is 18.0. The minimum absolute atomic E-state index is 0.375. The predicted octanol–water partition coefficient (Wildman–Crippen LogP) is 5.50. The second-order valence-corrected chi connectivity index (χ2v) is 9.72. The lowest BCUT2D eigenvalue weighted by molar-refractivity contribution is 0.484. The van der Waals surface area contributed by atoms with Crippen LogP contribution in [0, 0.1) is 0 Å². The number of aromatic nitrogens is 3. The number of para-hydroxylation sites is 1. The third kappa shape index (κ3) is 4.42. The smallest absolute Gasteiger partial charge is 0.187 e. The first kappa shape index (κ1) is 21.2. The number of sulfone groups is 1. The van der Waals surface area contributed by atoms with Crippen LogP contribution >= 0.6 is 0 Å². The van der Waals surface area contributed by atoms with Gasteiger partial charge in [0.1, 0.15) is 5.52 Å². The zero-order valence-electron chi connectivity index (χ0n) is 17.2. The first-order chi connectivity index (χ1) is 14.0. The van der Waals surface area contributed by atoms with E-state index < -0.39 is 14.6 Å². The summed E-state index contributed by atoms with van der Waals surface area (Å²) in [7, 11) is -3.56. The molecular formula is C23H29N3O2S. The Hall–Kier alpha value is -2.47. The summed E-state index contributed by atoms with van der Waals surface area (Å²) in [6, 6.07) is 16.5. The summed E-state index contributed by atoms with van der Waals surface area (Å²) in [6.07, 6.45) is 8.38. The van der Waals surface area contributed by atoms with Crippen LogP contribution in [0.3, 0.4) is 0 Å². The predicted molar refractivity (Wildman–Crippen MR) is 118 cm³/mol. The maximum Gasteiger partial charge on any atom is 0.187 e. The average molecular weight is 412 g/mol. The van der Waals surface area contributed by atoms with Crippen LogP contribution in [0.1, 0.15) is 52.4 Å². The van der Waals surface area contributed by atoms with E-state index >= 15 is 0 Å². The summed E-state index contributed by atoms with van der Waals surface area (Å²) in [4.78, 5) is 0.375. The molecule has 0 atom stereocenters. The summed E-state index contributed by atoms with van der Waals surface area (Å²) >= 11 is 0. The van der Waals surface area contributed by atoms with E-state index in [-0.39, 0.29) is 0 Å². The van der Waals surface area contributed by atoms with Crippen molar-refractivity contribution < 1.29 is 8.42 Å². The fraction of sp³-hybridized carbons (Fsp3) is 0.391. The van der Waals surface area contributed by atoms with Crippen molar-refractivity contribution in [1.29, 1.82) is 0 Å². The first-order valence-corrected chi connectivity index (χ1v) is 11.8. The van der Waals surface area contributed by atoms with Crippen LogP contribution in [0.15, 0.2) is 65.6 Å². The molecule has 0 aliphatic carbocycles. The molecule has 0 saturated heterocycles. The van der Waals surface area contributed by atoms with Crippen LogP contribution in [0.5, 0.6) is 0 Å². The number of hydrogen-bond acceptors (Lipinski definition) is 4. The van der Waals surface area contributed by atoms with Crippen LogP contribution in [-0.2, 0) is 9.84 Å². The van der Waals surface area contributed by atoms with Crippen molar-refractivity contribution in [3.63, 3.8) is 0 Å². The molecule has 154 valence electrons. The maximum absolute atomic E-state index is 13.8. The van der Waals surface area contributed by atoms with E-state index in [1.54, 1.807) is 35.1 Å². The summed E-state index contributed by atoms with van der Waals surface area (Å²) in [5, 5.41) is 8.38. The summed E-state index contributed by atoms with van der Waals surface area (Å²) in [5.74, 6) is 0. The van der Waals surface area contributed by atoms with Crippen LogP contribution in [-0.4, -0.2) is 28.2 Å². The van der Waals surface area contributed by atoms with Crippen molar-refractivity contribution in [2.45, 2.75) is 62.0 Å². The lowest BCUT2D eigenvalue weighted by atomic mass is 9.95. The Morgan fingerprint density at radius 1 is 0.931 bits per heavy atom. The highest BCUT2D eigenvalue weighted by Gasteiger charge is 2.41. The normalized spacial score (nSPS) is 12.8. The topological polar surface area (TPSA) is 64.8 Å². The number of hydrogen-bond donors (Lipinski definition) is 0. The monoisotopic (exact) mass is 411 g/mol. The van der Waals surface area contributed by atoms with Crippen LogP contribution < -0.4 is 0 Å². The van der Waals surface area contributed by atoms with Gasteiger partial charge in [-0.3, -0.25) is 0 Å². The highest BCUT2D eigenvalue weighted by molar-refractivity contribution is 7.93. The van der Waals surface area contributed by atoms with Crippen molar-refractivity contribution in [3.8, 4) is 0 Å². The second kappa shape index (κ2) is 9.35. The molecule has 0 amide bonds. The van der Waals surface area contributed by atoms with Crippen LogP contribution in [0.4, 0.5) is 0 Å². The lowest BCUT2D eigenvalue weighted by Crippen LogP contribution is -2.37. The minimum atomic E-state index is -3.56. The molecular weight excluding hydrogens is 382 g/mol. The van der Waals surface area contributed by atoms with E-state index in [1.807, 2.05) is 36.4 Å². The molecule has 0 saturated carbocycles. The number of rotatable bonds is 10. The van der Waals surface area contributed by atoms with Gasteiger partial charge in [-0.2, -0.15) is 0 Å². The Labute approximate surface area is 173 Å². The molecule has 0 fully saturated rings. The third-order valence-electron chi connectivity index (χ3n) is 5.39. The van der Waals surface area contributed by atoms with E-state index in [1.165, 1.54) is 0 Å². The highest BCUT2D eigenvalue weighted by atomic mass is 32.2. The van der Waals surface area contributed by atoms with Gasteiger partial charge < -0.3 is 0 Å². The summed E-state index contributed by atoms with van der Waals surface area (Å²) in [5.41, 5.74) is 1.65. The minimum Gasteiger partial charge on any atom is -0.223 e. The van der Waals surface area contributed by atoms with Gasteiger partial charge in [-0.15, -0.1) is 5.10 Å². The standard InChI is InChI=1S/C23H29N3O2S/c1-3-5-16-23(17-6-4-2,29(27,28)20-12-8-7-9-13-20)18-19-26-22-15-11-10-14-21(22)24-25-26/h7-15,18-19H,3-6,16-17H2,1-2H3/b19-18+. The Kier molecular flexibility index (Phi) is 6.85. The van der Waals surface area contributed by atoms with E-state index in [9.17, 15) is 8.42 Å². The van der Waals surface area contributed by atoms with Crippen molar-refractivity contribution >= 4 is 27.1 Å². The number of unbranched alkanes of at least 4 members (excludes halogenated alkanes) is 2. The van der Waals surface area contributed by atoms with Gasteiger partial charge in [0.15, 0.2) is 9.84 Å². The Bertz CT molecular complexity index is 1050. The summed E-state index contributed by atoms with van der Waals surface area (Å²) < 4.78 is 28.3. The molecule has 0 aliphatic rings. The number of nitrogens with zero attached hydrogens (tertiary/aromatic N) is 3. The van der Waals surface area contributed by atoms with E-state index in [0.29, 0.717) is 17.7 Å². The molecule has 0 spiro atoms. The molecule has 0 unspecified atom stereocenters. The van der Waals surface area contributed by atoms with Gasteiger partial charge in [-0.1, -0.05) is 75.1 Å². The lowest BCUT2D eigenvalue weighted by Gasteiger charge is -2.31. The van der Waals surface area contributed by atoms with Crippen LogP contribution in [0.25, 0.3) is 17.2 Å². The Morgan fingerprint density at radius 2 is 1.55 bits per heavy atom. The van der Waals surface area contributed by atoms with Crippen molar-refractivity contribution in [2.75, 3.05) is 0 Å². The first-order valence-electron chi connectivity index (χ1n) is 10.3. The molecule has 6 heteroatoms. The third-order valence-corrected chi connectivity index (χ3v) is 7.90. The maximum atomic E-state index is 13.8. The van der Waals surface area contributed by atoms with Gasteiger partial charge in [0.05, 0.1) is 15.2 Å². The van der Waals surface area contributed by atoms with Crippen molar-refractivity contribution in [2.24, 2.45) is 0 Å². The fourth-order valence-electron chi connectivity index (χ4n) is 3.64. The Balaban J connectivity index is 2.10. The highest BCUT2D eigenvalue weighted by Crippen LogP contribution is 2.37.